The molecule has 0 aliphatic carbocycles. The van der Waals surface area contributed by atoms with Crippen molar-refractivity contribution in [3.8, 4) is 0 Å². The van der Waals surface area contributed by atoms with E-state index in [1.165, 1.54) is 6.39 Å². The molecule has 1 aromatic carbocycles. The molecule has 2 aromatic rings. The quantitative estimate of drug-likeness (QED) is 0.818. The lowest BCUT2D eigenvalue weighted by Crippen LogP contribution is -2.45. The molecule has 1 saturated heterocycles. The van der Waals surface area contributed by atoms with Crippen LogP contribution in [-0.2, 0) is 16.6 Å². The minimum Gasteiger partial charge on any atom is -0.448 e. The van der Waals surface area contributed by atoms with Gasteiger partial charge in [0.05, 0.1) is 5.69 Å². The minimum atomic E-state index is -3.57. The largest absolute Gasteiger partial charge is 0.448 e. The summed E-state index contributed by atoms with van der Waals surface area (Å²) in [6, 6.07) is 7.31. The molecule has 0 bridgehead atoms. The monoisotopic (exact) mass is 374 g/mol. The maximum absolute atomic E-state index is 12.3. The highest BCUT2D eigenvalue weighted by Gasteiger charge is 2.33. The molecule has 0 spiro atoms. The summed E-state index contributed by atoms with van der Waals surface area (Å²) in [7, 11) is -1.63. The number of oxazole rings is 1. The molecule has 2 aliphatic heterocycles. The highest BCUT2D eigenvalue weighted by Crippen LogP contribution is 2.29. The molecule has 3 heterocycles. The second-order valence-electron chi connectivity index (χ2n) is 6.86. The van der Waals surface area contributed by atoms with E-state index in [4.69, 9.17) is 4.42 Å². The van der Waals surface area contributed by atoms with Gasteiger partial charge in [-0.25, -0.2) is 4.98 Å². The van der Waals surface area contributed by atoms with Crippen LogP contribution >= 0.6 is 0 Å². The first kappa shape index (κ1) is 17.2. The second kappa shape index (κ2) is 6.51. The Hall–Kier alpha value is -2.19. The highest BCUT2D eigenvalue weighted by molar-refractivity contribution is 7.90. The summed E-state index contributed by atoms with van der Waals surface area (Å²) in [4.78, 5) is 8.96. The van der Waals surface area contributed by atoms with Gasteiger partial charge in [-0.05, 0) is 31.9 Å². The van der Waals surface area contributed by atoms with Gasteiger partial charge in [0.2, 0.25) is 0 Å². The molecular weight excluding hydrogens is 352 g/mol. The van der Waals surface area contributed by atoms with Gasteiger partial charge in [-0.1, -0.05) is 12.1 Å². The first-order valence-electron chi connectivity index (χ1n) is 8.74. The lowest BCUT2D eigenvalue weighted by molar-refractivity contribution is 0.158. The molecule has 138 valence electrons. The van der Waals surface area contributed by atoms with E-state index in [2.05, 4.69) is 14.3 Å². The fourth-order valence-electron chi connectivity index (χ4n) is 3.67. The summed E-state index contributed by atoms with van der Waals surface area (Å²) in [6.07, 6.45) is 3.39. The lowest BCUT2D eigenvalue weighted by Gasteiger charge is -2.37. The number of rotatable bonds is 3. The molecule has 0 N–H and O–H groups in total. The van der Waals surface area contributed by atoms with E-state index in [0.717, 1.165) is 43.9 Å². The number of hydrogen-bond donors (Lipinski definition) is 0. The van der Waals surface area contributed by atoms with Crippen molar-refractivity contribution in [2.24, 2.45) is 4.40 Å². The van der Waals surface area contributed by atoms with E-state index in [1.807, 2.05) is 31.0 Å². The van der Waals surface area contributed by atoms with Crippen LogP contribution in [0.1, 0.15) is 29.9 Å². The Morgan fingerprint density at radius 3 is 2.69 bits per heavy atom. The molecule has 26 heavy (non-hydrogen) atoms. The van der Waals surface area contributed by atoms with Gasteiger partial charge in [-0.15, -0.1) is 4.40 Å². The normalized spacial score (nSPS) is 20.0. The Bertz CT molecular complexity index is 943. The van der Waals surface area contributed by atoms with E-state index in [9.17, 15) is 8.42 Å². The van der Waals surface area contributed by atoms with Gasteiger partial charge in [0.25, 0.3) is 10.0 Å². The number of piperidine rings is 1. The Kier molecular flexibility index (Phi) is 4.32. The molecule has 1 aromatic heterocycles. The molecule has 0 unspecified atom stereocenters. The van der Waals surface area contributed by atoms with Crippen molar-refractivity contribution in [2.75, 3.05) is 20.1 Å². The number of aryl methyl sites for hydroxylation is 1. The van der Waals surface area contributed by atoms with E-state index < -0.39 is 10.0 Å². The zero-order valence-corrected chi connectivity index (χ0v) is 15.7. The number of benzene rings is 1. The molecular formula is C18H22N4O3S. The van der Waals surface area contributed by atoms with E-state index in [-0.39, 0.29) is 6.04 Å². The number of likely N-dealkylation sites (tertiary alicyclic amines) is 1. The molecule has 0 atom stereocenters. The van der Waals surface area contributed by atoms with Crippen LogP contribution in [0.4, 0.5) is 0 Å². The van der Waals surface area contributed by atoms with Crippen LogP contribution in [0.2, 0.25) is 0 Å². The average Bonchev–Trinajstić information content (AvgIpc) is 3.16. The van der Waals surface area contributed by atoms with Crippen LogP contribution in [0.25, 0.3) is 0 Å². The third-order valence-corrected chi connectivity index (χ3v) is 6.59. The van der Waals surface area contributed by atoms with Gasteiger partial charge >= 0.3 is 0 Å². The molecule has 4 rings (SSSR count). The van der Waals surface area contributed by atoms with Crippen molar-refractivity contribution in [2.45, 2.75) is 37.2 Å². The summed E-state index contributed by atoms with van der Waals surface area (Å²) < 4.78 is 33.8. The summed E-state index contributed by atoms with van der Waals surface area (Å²) in [6.45, 7) is 4.59. The smallest absolute Gasteiger partial charge is 0.285 e. The number of sulfonamides is 1. The third-order valence-electron chi connectivity index (χ3n) is 5.27. The number of aromatic nitrogens is 1. The van der Waals surface area contributed by atoms with Crippen LogP contribution in [0.5, 0.6) is 0 Å². The molecule has 0 radical (unpaired) electrons. The van der Waals surface area contributed by atoms with Gasteiger partial charge < -0.3 is 9.32 Å². The van der Waals surface area contributed by atoms with Gasteiger partial charge in [-0.3, -0.25) is 4.90 Å². The zero-order valence-electron chi connectivity index (χ0n) is 14.9. The number of nitrogens with zero attached hydrogens (tertiary/aromatic N) is 4. The molecule has 7 nitrogen and oxygen atoms in total. The topological polar surface area (TPSA) is 79.0 Å². The van der Waals surface area contributed by atoms with Crippen molar-refractivity contribution in [1.29, 1.82) is 0 Å². The first-order chi connectivity index (χ1) is 12.5. The summed E-state index contributed by atoms with van der Waals surface area (Å²) >= 11 is 0. The number of fused-ring (bicyclic) bond motifs is 1. The molecule has 0 amide bonds. The van der Waals surface area contributed by atoms with Gasteiger partial charge in [0.15, 0.2) is 12.2 Å². The maximum Gasteiger partial charge on any atom is 0.285 e. The number of amidine groups is 1. The Labute approximate surface area is 153 Å². The van der Waals surface area contributed by atoms with E-state index in [0.29, 0.717) is 16.3 Å². The van der Waals surface area contributed by atoms with E-state index >= 15 is 0 Å². The van der Waals surface area contributed by atoms with Crippen molar-refractivity contribution >= 4 is 15.9 Å². The number of hydrogen-bond acceptors (Lipinski definition) is 6. The third kappa shape index (κ3) is 3.03. The van der Waals surface area contributed by atoms with Crippen LogP contribution in [-0.4, -0.2) is 55.2 Å². The lowest BCUT2D eigenvalue weighted by atomic mass is 10.0. The fourth-order valence-corrected chi connectivity index (χ4v) is 4.91. The van der Waals surface area contributed by atoms with Crippen molar-refractivity contribution in [3.05, 3.63) is 47.7 Å². The van der Waals surface area contributed by atoms with Gasteiger partial charge in [-0.2, -0.15) is 8.42 Å². The van der Waals surface area contributed by atoms with Crippen LogP contribution < -0.4 is 0 Å². The molecule has 8 heteroatoms. The molecule has 0 saturated carbocycles. The Morgan fingerprint density at radius 2 is 2.00 bits per heavy atom. The summed E-state index contributed by atoms with van der Waals surface area (Å²) in [5, 5.41) is 0. The van der Waals surface area contributed by atoms with Gasteiger partial charge in [0.1, 0.15) is 10.7 Å². The van der Waals surface area contributed by atoms with Crippen LogP contribution in [0, 0.1) is 6.92 Å². The Morgan fingerprint density at radius 1 is 1.27 bits per heavy atom. The first-order valence-corrected chi connectivity index (χ1v) is 10.2. The maximum atomic E-state index is 12.3. The standard InChI is InChI=1S/C18H22N4O3S/c1-13-16(19-12-25-13)11-22-9-7-14(8-10-22)21(2)18-15-5-3-4-6-17(15)26(23,24)20-18/h3-6,12,14H,7-11H2,1-2H3. The fraction of sp³-hybridized carbons (Fsp3) is 0.444. The SMILES string of the molecule is Cc1ocnc1CN1CCC(N(C)C2=NS(=O)(=O)c3ccccc32)CC1. The van der Waals surface area contributed by atoms with Crippen LogP contribution in [0.3, 0.4) is 0 Å². The summed E-state index contributed by atoms with van der Waals surface area (Å²) in [5.74, 6) is 1.43. The Balaban J connectivity index is 1.45. The average molecular weight is 374 g/mol. The van der Waals surface area contributed by atoms with Crippen LogP contribution in [0.15, 0.2) is 44.4 Å². The predicted octanol–water partition coefficient (Wildman–Crippen LogP) is 2.03. The molecule has 2 aliphatic rings. The predicted molar refractivity (Wildman–Crippen MR) is 97.5 cm³/mol. The minimum absolute atomic E-state index is 0.268. The van der Waals surface area contributed by atoms with Crippen molar-refractivity contribution < 1.29 is 12.8 Å². The highest BCUT2D eigenvalue weighted by atomic mass is 32.2. The summed E-state index contributed by atoms with van der Waals surface area (Å²) in [5.41, 5.74) is 1.69. The van der Waals surface area contributed by atoms with Crippen molar-refractivity contribution in [1.82, 2.24) is 14.8 Å². The zero-order chi connectivity index (χ0) is 18.3. The molecule has 1 fully saturated rings. The van der Waals surface area contributed by atoms with Gasteiger partial charge in [0, 0.05) is 38.3 Å². The van der Waals surface area contributed by atoms with E-state index in [1.54, 1.807) is 12.1 Å². The second-order valence-corrected chi connectivity index (χ2v) is 8.43. The van der Waals surface area contributed by atoms with Crippen molar-refractivity contribution in [3.63, 3.8) is 0 Å².